The van der Waals surface area contributed by atoms with Gasteiger partial charge in [0.15, 0.2) is 0 Å². The van der Waals surface area contributed by atoms with Crippen molar-refractivity contribution in [1.82, 2.24) is 9.80 Å². The van der Waals surface area contributed by atoms with Gasteiger partial charge in [-0.15, -0.1) is 0 Å². The van der Waals surface area contributed by atoms with Crippen LogP contribution in [0.3, 0.4) is 0 Å². The van der Waals surface area contributed by atoms with Crippen LogP contribution in [0.15, 0.2) is 0 Å². The number of nitrogens with zero attached hydrogens (tertiary/aromatic N) is 2. The van der Waals surface area contributed by atoms with E-state index in [1.54, 1.807) is 27.7 Å². The van der Waals surface area contributed by atoms with Crippen molar-refractivity contribution in [2.45, 2.75) is 37.2 Å². The molecule has 0 aliphatic carbocycles. The minimum absolute atomic E-state index is 0.494. The standard InChI is InChI=1S/C14H30N2O4S3/c1-13(2,22(17)18)11-15-5-6-16(8-10-21-9-7-15)12-14(3,4)23(19)20/h5-12H2,1-4H3,(H,17,18)(H,19,20)/p-2. The molecule has 23 heavy (non-hydrogen) atoms. The molecule has 1 saturated heterocycles. The molecule has 0 N–H and O–H groups in total. The maximum Gasteiger partial charge on any atom is 0.0398 e. The van der Waals surface area contributed by atoms with Crippen LogP contribution in [0.4, 0.5) is 0 Å². The molecule has 9 heteroatoms. The molecule has 1 aliphatic heterocycles. The van der Waals surface area contributed by atoms with Crippen molar-refractivity contribution in [1.29, 1.82) is 0 Å². The molecule has 0 spiro atoms. The van der Waals surface area contributed by atoms with Crippen LogP contribution in [0.5, 0.6) is 0 Å². The van der Waals surface area contributed by atoms with Gasteiger partial charge in [0.05, 0.1) is 0 Å². The van der Waals surface area contributed by atoms with Crippen LogP contribution in [0.1, 0.15) is 27.7 Å². The number of hydrogen-bond acceptors (Lipinski definition) is 7. The lowest BCUT2D eigenvalue weighted by atomic mass is 10.1. The van der Waals surface area contributed by atoms with E-state index >= 15 is 0 Å². The molecule has 6 nitrogen and oxygen atoms in total. The minimum Gasteiger partial charge on any atom is -0.772 e. The van der Waals surface area contributed by atoms with E-state index in [1.807, 2.05) is 11.8 Å². The normalized spacial score (nSPS) is 22.9. The minimum atomic E-state index is -2.12. The number of hydrogen-bond donors (Lipinski definition) is 0. The van der Waals surface area contributed by atoms with Gasteiger partial charge in [0.2, 0.25) is 0 Å². The Kier molecular flexibility index (Phi) is 8.67. The van der Waals surface area contributed by atoms with Gasteiger partial charge in [-0.1, -0.05) is 0 Å². The summed E-state index contributed by atoms with van der Waals surface area (Å²) in [5.41, 5.74) is 0. The third-order valence-electron chi connectivity index (χ3n) is 3.95. The van der Waals surface area contributed by atoms with E-state index in [0.717, 1.165) is 37.7 Å². The molecule has 0 aromatic rings. The fraction of sp³-hybridized carbons (Fsp3) is 1.00. The summed E-state index contributed by atoms with van der Waals surface area (Å²) in [5, 5.41) is 0. The van der Waals surface area contributed by atoms with Crippen LogP contribution in [-0.4, -0.2) is 87.6 Å². The predicted octanol–water partition coefficient (Wildman–Crippen LogP) is 0.653. The lowest BCUT2D eigenvalue weighted by Gasteiger charge is -2.36. The Morgan fingerprint density at radius 3 is 1.48 bits per heavy atom. The van der Waals surface area contributed by atoms with Gasteiger partial charge in [0.25, 0.3) is 0 Å². The van der Waals surface area contributed by atoms with Crippen molar-refractivity contribution < 1.29 is 17.5 Å². The van der Waals surface area contributed by atoms with Gasteiger partial charge in [-0.2, -0.15) is 11.8 Å². The van der Waals surface area contributed by atoms with Crippen LogP contribution >= 0.6 is 11.8 Å². The first-order chi connectivity index (χ1) is 10.5. The Balaban J connectivity index is 2.68. The van der Waals surface area contributed by atoms with Crippen molar-refractivity contribution in [3.05, 3.63) is 0 Å². The third-order valence-corrected chi connectivity index (χ3v) is 6.95. The van der Waals surface area contributed by atoms with Crippen molar-refractivity contribution in [3.8, 4) is 0 Å². The van der Waals surface area contributed by atoms with Crippen molar-refractivity contribution in [2.75, 3.05) is 50.8 Å². The summed E-state index contributed by atoms with van der Waals surface area (Å²) in [6, 6.07) is 0. The number of rotatable bonds is 6. The van der Waals surface area contributed by atoms with Gasteiger partial charge >= 0.3 is 0 Å². The van der Waals surface area contributed by atoms with Gasteiger partial charge in [-0.3, -0.25) is 18.2 Å². The molecule has 0 bridgehead atoms. The second-order valence-electron chi connectivity index (χ2n) is 7.15. The molecule has 2 atom stereocenters. The second-order valence-corrected chi connectivity index (χ2v) is 11.5. The fourth-order valence-electron chi connectivity index (χ4n) is 2.49. The lowest BCUT2D eigenvalue weighted by Crippen LogP contribution is -2.47. The van der Waals surface area contributed by atoms with E-state index in [9.17, 15) is 17.5 Å². The highest BCUT2D eigenvalue weighted by Crippen LogP contribution is 2.17. The molecule has 0 aromatic heterocycles. The first-order valence-electron chi connectivity index (χ1n) is 7.76. The second kappa shape index (κ2) is 9.26. The molecule has 0 amide bonds. The largest absolute Gasteiger partial charge is 0.772 e. The molecule has 0 radical (unpaired) electrons. The number of thioether (sulfide) groups is 1. The summed E-state index contributed by atoms with van der Waals surface area (Å²) in [4.78, 5) is 4.34. The molecule has 1 heterocycles. The van der Waals surface area contributed by atoms with Crippen molar-refractivity contribution in [3.63, 3.8) is 0 Å². The van der Waals surface area contributed by atoms with Gasteiger partial charge in [0, 0.05) is 60.3 Å². The third kappa shape index (κ3) is 7.50. The zero-order valence-electron chi connectivity index (χ0n) is 14.4. The summed E-state index contributed by atoms with van der Waals surface area (Å²) in [7, 11) is 0. The van der Waals surface area contributed by atoms with Gasteiger partial charge in [-0.05, 0) is 49.9 Å². The summed E-state index contributed by atoms with van der Waals surface area (Å²) in [5.74, 6) is 1.93. The Bertz CT molecular complexity index is 394. The smallest absolute Gasteiger partial charge is 0.0398 e. The quantitative estimate of drug-likeness (QED) is 0.622. The van der Waals surface area contributed by atoms with Crippen LogP contribution in [0.25, 0.3) is 0 Å². The molecule has 1 aliphatic rings. The zero-order chi connectivity index (χ0) is 17.7. The summed E-state index contributed by atoms with van der Waals surface area (Å²) >= 11 is -2.41. The van der Waals surface area contributed by atoms with E-state index in [0.29, 0.717) is 13.1 Å². The van der Waals surface area contributed by atoms with E-state index in [1.165, 1.54) is 0 Å². The van der Waals surface area contributed by atoms with Gasteiger partial charge in [-0.25, -0.2) is 0 Å². The Morgan fingerprint density at radius 1 is 0.826 bits per heavy atom. The fourth-order valence-corrected chi connectivity index (χ4v) is 4.05. The topological polar surface area (TPSA) is 86.7 Å². The summed E-state index contributed by atoms with van der Waals surface area (Å²) in [6.45, 7) is 11.1. The Hall–Kier alpha value is 0.490. The molecule has 2 unspecified atom stereocenters. The summed E-state index contributed by atoms with van der Waals surface area (Å²) < 4.78 is 43.8. The van der Waals surface area contributed by atoms with Crippen LogP contribution < -0.4 is 0 Å². The van der Waals surface area contributed by atoms with Crippen LogP contribution in [0, 0.1) is 0 Å². The molecular weight excluding hydrogens is 356 g/mol. The van der Waals surface area contributed by atoms with E-state index in [4.69, 9.17) is 0 Å². The Labute approximate surface area is 149 Å². The monoisotopic (exact) mass is 384 g/mol. The van der Waals surface area contributed by atoms with Crippen LogP contribution in [0.2, 0.25) is 0 Å². The van der Waals surface area contributed by atoms with E-state index in [-0.39, 0.29) is 0 Å². The highest BCUT2D eigenvalue weighted by molar-refractivity contribution is 7.99. The van der Waals surface area contributed by atoms with Gasteiger partial charge < -0.3 is 9.11 Å². The molecule has 0 saturated carbocycles. The SMILES string of the molecule is CC(C)(CN1CCSCCN(CC(C)(C)S(=O)[O-])CC1)S(=O)[O-]. The lowest BCUT2D eigenvalue weighted by molar-refractivity contribution is 0.199. The highest BCUT2D eigenvalue weighted by atomic mass is 32.2. The predicted molar refractivity (Wildman–Crippen MR) is 96.2 cm³/mol. The molecule has 138 valence electrons. The van der Waals surface area contributed by atoms with Gasteiger partial charge in [0.1, 0.15) is 0 Å². The maximum atomic E-state index is 11.3. The van der Waals surface area contributed by atoms with Crippen molar-refractivity contribution >= 4 is 33.9 Å². The molecule has 1 fully saturated rings. The molecule has 0 aromatic carbocycles. The average molecular weight is 385 g/mol. The zero-order valence-corrected chi connectivity index (χ0v) is 16.9. The molecule has 1 rings (SSSR count). The van der Waals surface area contributed by atoms with E-state index in [2.05, 4.69) is 9.80 Å². The average Bonchev–Trinajstić information content (AvgIpc) is 2.51. The summed E-state index contributed by atoms with van der Waals surface area (Å²) in [6.07, 6.45) is 0. The molecular formula is C14H28N2O4S3-2. The maximum absolute atomic E-state index is 11.3. The van der Waals surface area contributed by atoms with Crippen LogP contribution in [-0.2, 0) is 22.2 Å². The first-order valence-corrected chi connectivity index (χ1v) is 11.1. The first kappa shape index (κ1) is 21.5. The highest BCUT2D eigenvalue weighted by Gasteiger charge is 2.26. The van der Waals surface area contributed by atoms with Crippen molar-refractivity contribution in [2.24, 2.45) is 0 Å². The van der Waals surface area contributed by atoms with E-state index < -0.39 is 31.7 Å². The Morgan fingerprint density at radius 2 is 1.17 bits per heavy atom.